The second-order valence-electron chi connectivity index (χ2n) is 3.94. The predicted molar refractivity (Wildman–Crippen MR) is 75.4 cm³/mol. The molecular formula is C14H18N2S. The highest BCUT2D eigenvalue weighted by Crippen LogP contribution is 2.20. The van der Waals surface area contributed by atoms with Crippen LogP contribution in [0.2, 0.25) is 0 Å². The van der Waals surface area contributed by atoms with Crippen LogP contribution in [0, 0.1) is 0 Å². The van der Waals surface area contributed by atoms with E-state index in [1.165, 1.54) is 21.0 Å². The monoisotopic (exact) mass is 246 g/mol. The fraction of sp³-hybridized carbons (Fsp3) is 0.286. The number of para-hydroxylation sites is 1. The van der Waals surface area contributed by atoms with E-state index in [2.05, 4.69) is 48.6 Å². The zero-order valence-corrected chi connectivity index (χ0v) is 10.9. The topological polar surface area (TPSA) is 38.0 Å². The van der Waals surface area contributed by atoms with Crippen LogP contribution in [-0.4, -0.2) is 0 Å². The maximum Gasteiger partial charge on any atom is 0.0494 e. The van der Waals surface area contributed by atoms with E-state index >= 15 is 0 Å². The van der Waals surface area contributed by atoms with Gasteiger partial charge in [-0.05, 0) is 30.2 Å². The highest BCUT2D eigenvalue weighted by Gasteiger charge is 2.01. The van der Waals surface area contributed by atoms with Crippen LogP contribution in [0.4, 0.5) is 5.69 Å². The van der Waals surface area contributed by atoms with Gasteiger partial charge >= 0.3 is 0 Å². The van der Waals surface area contributed by atoms with Gasteiger partial charge in [0.15, 0.2) is 0 Å². The second kappa shape index (κ2) is 5.84. The number of thiophene rings is 1. The van der Waals surface area contributed by atoms with E-state index in [1.54, 1.807) is 11.3 Å². The van der Waals surface area contributed by atoms with Gasteiger partial charge in [-0.1, -0.05) is 25.1 Å². The summed E-state index contributed by atoms with van der Waals surface area (Å²) in [6.45, 7) is 3.69. The van der Waals surface area contributed by atoms with Crippen LogP contribution in [0.25, 0.3) is 0 Å². The Balaban J connectivity index is 2.01. The summed E-state index contributed by atoms with van der Waals surface area (Å²) in [5, 5.41) is 3.49. The Morgan fingerprint density at radius 1 is 1.12 bits per heavy atom. The van der Waals surface area contributed by atoms with Crippen molar-refractivity contribution in [2.75, 3.05) is 5.32 Å². The molecule has 0 atom stereocenters. The Labute approximate surface area is 106 Å². The van der Waals surface area contributed by atoms with Crippen LogP contribution < -0.4 is 11.1 Å². The van der Waals surface area contributed by atoms with Crippen molar-refractivity contribution in [3.05, 3.63) is 51.7 Å². The van der Waals surface area contributed by atoms with E-state index in [1.807, 2.05) is 0 Å². The number of aryl methyl sites for hydroxylation is 1. The van der Waals surface area contributed by atoms with E-state index in [9.17, 15) is 0 Å². The molecule has 0 fully saturated rings. The van der Waals surface area contributed by atoms with Crippen molar-refractivity contribution in [1.29, 1.82) is 0 Å². The molecule has 1 aromatic heterocycles. The molecule has 3 heteroatoms. The Kier molecular flexibility index (Phi) is 4.18. The Bertz CT molecular complexity index is 477. The number of hydrogen-bond donors (Lipinski definition) is 2. The van der Waals surface area contributed by atoms with Gasteiger partial charge in [0.2, 0.25) is 0 Å². The fourth-order valence-corrected chi connectivity index (χ4v) is 2.65. The molecule has 0 aliphatic carbocycles. The second-order valence-corrected chi connectivity index (χ2v) is 5.19. The first kappa shape index (κ1) is 12.1. The summed E-state index contributed by atoms with van der Waals surface area (Å²) in [7, 11) is 0. The van der Waals surface area contributed by atoms with E-state index in [0.29, 0.717) is 6.54 Å². The number of nitrogens with two attached hydrogens (primary N) is 1. The van der Waals surface area contributed by atoms with Crippen molar-refractivity contribution in [3.63, 3.8) is 0 Å². The van der Waals surface area contributed by atoms with Crippen LogP contribution in [0.3, 0.4) is 0 Å². The summed E-state index contributed by atoms with van der Waals surface area (Å²) < 4.78 is 0. The van der Waals surface area contributed by atoms with Crippen LogP contribution >= 0.6 is 11.3 Å². The summed E-state index contributed by atoms with van der Waals surface area (Å²) in [5.41, 5.74) is 8.20. The summed E-state index contributed by atoms with van der Waals surface area (Å²) in [6.07, 6.45) is 1.06. The first-order valence-electron chi connectivity index (χ1n) is 5.93. The molecule has 17 heavy (non-hydrogen) atoms. The molecule has 1 aromatic carbocycles. The van der Waals surface area contributed by atoms with Gasteiger partial charge in [0, 0.05) is 28.5 Å². The summed E-state index contributed by atoms with van der Waals surface area (Å²) in [6, 6.07) is 12.7. The molecule has 1 heterocycles. The lowest BCUT2D eigenvalue weighted by Crippen LogP contribution is -2.00. The molecule has 0 radical (unpaired) electrons. The lowest BCUT2D eigenvalue weighted by molar-refractivity contribution is 1.11. The highest BCUT2D eigenvalue weighted by molar-refractivity contribution is 7.11. The minimum atomic E-state index is 0.635. The maximum absolute atomic E-state index is 5.61. The van der Waals surface area contributed by atoms with Gasteiger partial charge in [-0.15, -0.1) is 11.3 Å². The minimum absolute atomic E-state index is 0.635. The Morgan fingerprint density at radius 3 is 2.59 bits per heavy atom. The van der Waals surface area contributed by atoms with Crippen molar-refractivity contribution in [3.8, 4) is 0 Å². The van der Waals surface area contributed by atoms with Gasteiger partial charge < -0.3 is 11.1 Å². The smallest absolute Gasteiger partial charge is 0.0494 e. The van der Waals surface area contributed by atoms with Crippen molar-refractivity contribution in [2.45, 2.75) is 26.4 Å². The lowest BCUT2D eigenvalue weighted by atomic mass is 10.1. The van der Waals surface area contributed by atoms with Crippen molar-refractivity contribution in [1.82, 2.24) is 0 Å². The van der Waals surface area contributed by atoms with Crippen LogP contribution in [0.15, 0.2) is 36.4 Å². The fourth-order valence-electron chi connectivity index (χ4n) is 1.81. The highest BCUT2D eigenvalue weighted by atomic mass is 32.1. The van der Waals surface area contributed by atoms with Gasteiger partial charge in [-0.25, -0.2) is 0 Å². The average molecular weight is 246 g/mol. The zero-order chi connectivity index (χ0) is 12.1. The van der Waals surface area contributed by atoms with Gasteiger partial charge in [0.1, 0.15) is 0 Å². The molecule has 90 valence electrons. The molecule has 3 N–H and O–H groups in total. The molecule has 0 aliphatic heterocycles. The SMILES string of the molecule is CCc1ccccc1NCc1ccc(CN)s1. The van der Waals surface area contributed by atoms with Crippen molar-refractivity contribution < 1.29 is 0 Å². The van der Waals surface area contributed by atoms with E-state index < -0.39 is 0 Å². The molecule has 0 aliphatic rings. The standard InChI is InChI=1S/C14H18N2S/c1-2-11-5-3-4-6-14(11)16-10-13-8-7-12(9-15)17-13/h3-8,16H,2,9-10,15H2,1H3. The van der Waals surface area contributed by atoms with Crippen LogP contribution in [0.5, 0.6) is 0 Å². The van der Waals surface area contributed by atoms with Gasteiger partial charge in [-0.2, -0.15) is 0 Å². The van der Waals surface area contributed by atoms with Crippen molar-refractivity contribution in [2.24, 2.45) is 5.73 Å². The number of anilines is 1. The van der Waals surface area contributed by atoms with E-state index in [-0.39, 0.29) is 0 Å². The quantitative estimate of drug-likeness (QED) is 0.848. The van der Waals surface area contributed by atoms with Gasteiger partial charge in [0.25, 0.3) is 0 Å². The van der Waals surface area contributed by atoms with Crippen LogP contribution in [-0.2, 0) is 19.5 Å². The van der Waals surface area contributed by atoms with Crippen molar-refractivity contribution >= 4 is 17.0 Å². The molecule has 2 nitrogen and oxygen atoms in total. The summed E-state index contributed by atoms with van der Waals surface area (Å²) >= 11 is 1.78. The maximum atomic E-state index is 5.61. The number of rotatable bonds is 5. The molecule has 0 amide bonds. The first-order chi connectivity index (χ1) is 8.33. The molecular weight excluding hydrogens is 228 g/mol. The van der Waals surface area contributed by atoms with Crippen LogP contribution in [0.1, 0.15) is 22.2 Å². The third kappa shape index (κ3) is 3.08. The third-order valence-corrected chi connectivity index (χ3v) is 3.88. The first-order valence-corrected chi connectivity index (χ1v) is 6.74. The molecule has 2 aromatic rings. The van der Waals surface area contributed by atoms with E-state index in [4.69, 9.17) is 5.73 Å². The molecule has 0 spiro atoms. The number of nitrogens with one attached hydrogen (secondary N) is 1. The lowest BCUT2D eigenvalue weighted by Gasteiger charge is -2.09. The average Bonchev–Trinajstić information content (AvgIpc) is 2.84. The van der Waals surface area contributed by atoms with Gasteiger partial charge in [-0.3, -0.25) is 0 Å². The third-order valence-electron chi connectivity index (χ3n) is 2.77. The molecule has 0 saturated heterocycles. The summed E-state index contributed by atoms with van der Waals surface area (Å²) in [4.78, 5) is 2.57. The zero-order valence-electron chi connectivity index (χ0n) is 10.1. The Morgan fingerprint density at radius 2 is 1.88 bits per heavy atom. The normalized spacial score (nSPS) is 10.5. The minimum Gasteiger partial charge on any atom is -0.380 e. The number of hydrogen-bond acceptors (Lipinski definition) is 3. The Hall–Kier alpha value is -1.32. The van der Waals surface area contributed by atoms with E-state index in [0.717, 1.165) is 13.0 Å². The molecule has 0 bridgehead atoms. The number of benzene rings is 1. The predicted octanol–water partition coefficient (Wildman–Crippen LogP) is 3.38. The molecule has 2 rings (SSSR count). The summed E-state index contributed by atoms with van der Waals surface area (Å²) in [5.74, 6) is 0. The molecule has 0 saturated carbocycles. The molecule has 0 unspecified atom stereocenters. The van der Waals surface area contributed by atoms with Gasteiger partial charge in [0.05, 0.1) is 0 Å². The largest absolute Gasteiger partial charge is 0.380 e.